The van der Waals surface area contributed by atoms with Crippen molar-refractivity contribution >= 4 is 0 Å². The molecule has 2 aromatic rings. The molecule has 1 aromatic heterocycles. The van der Waals surface area contributed by atoms with Gasteiger partial charge in [-0.3, -0.25) is 0 Å². The summed E-state index contributed by atoms with van der Waals surface area (Å²) in [6.07, 6.45) is 14.7. The molecular weight excluding hydrogens is 316 g/mol. The minimum Gasteiger partial charge on any atom is -0.229 e. The Hall–Kier alpha value is -2.14. The first-order valence-electron chi connectivity index (χ1n) is 10.1. The fourth-order valence-electron chi connectivity index (χ4n) is 3.89. The topological polar surface area (TPSA) is 25.8 Å². The number of nitrogens with zero attached hydrogens (tertiary/aromatic N) is 2. The van der Waals surface area contributed by atoms with Crippen LogP contribution in [-0.4, -0.2) is 9.97 Å². The standard InChI is InChI=1S/C24H30N2/c1-3-4-5-6-20-7-12-22(13-8-20)23-14-9-21(10-15-23)11-16-24-25-17-19(2)18-26-24/h9-10,14-15,17-18,20,22H,3-8,12-13H2,1-2H3/t20-,22-. The first-order valence-corrected chi connectivity index (χ1v) is 10.1. The molecule has 3 rings (SSSR count). The van der Waals surface area contributed by atoms with Crippen LogP contribution in [0.2, 0.25) is 0 Å². The Morgan fingerprint density at radius 2 is 1.62 bits per heavy atom. The lowest BCUT2D eigenvalue weighted by Gasteiger charge is -2.29. The van der Waals surface area contributed by atoms with Crippen LogP contribution in [0.25, 0.3) is 0 Å². The molecule has 2 heteroatoms. The second kappa shape index (κ2) is 9.53. The summed E-state index contributed by atoms with van der Waals surface area (Å²) in [5, 5.41) is 0. The maximum atomic E-state index is 4.23. The highest BCUT2D eigenvalue weighted by atomic mass is 14.8. The van der Waals surface area contributed by atoms with Crippen molar-refractivity contribution in [1.29, 1.82) is 0 Å². The van der Waals surface area contributed by atoms with Crippen molar-refractivity contribution in [1.82, 2.24) is 9.97 Å². The number of aromatic nitrogens is 2. The van der Waals surface area contributed by atoms with Crippen LogP contribution in [0.1, 0.15) is 86.7 Å². The minimum absolute atomic E-state index is 0.584. The van der Waals surface area contributed by atoms with E-state index < -0.39 is 0 Å². The predicted octanol–water partition coefficient (Wildman–Crippen LogP) is 6.04. The van der Waals surface area contributed by atoms with E-state index in [2.05, 4.69) is 53.0 Å². The highest BCUT2D eigenvalue weighted by Gasteiger charge is 2.21. The molecule has 1 heterocycles. The van der Waals surface area contributed by atoms with Gasteiger partial charge in [0.25, 0.3) is 0 Å². The van der Waals surface area contributed by atoms with E-state index in [1.54, 1.807) is 12.4 Å². The van der Waals surface area contributed by atoms with Crippen LogP contribution in [0.3, 0.4) is 0 Å². The van der Waals surface area contributed by atoms with E-state index in [-0.39, 0.29) is 0 Å². The van der Waals surface area contributed by atoms with Crippen LogP contribution in [0.5, 0.6) is 0 Å². The Morgan fingerprint density at radius 3 is 2.27 bits per heavy atom. The van der Waals surface area contributed by atoms with Gasteiger partial charge in [0, 0.05) is 18.0 Å². The van der Waals surface area contributed by atoms with Gasteiger partial charge in [-0.1, -0.05) is 50.7 Å². The molecule has 0 bridgehead atoms. The first-order chi connectivity index (χ1) is 12.7. The molecule has 2 nitrogen and oxygen atoms in total. The SMILES string of the molecule is CCCCC[C@H]1CC[C@H](c2ccc(C#Cc3ncc(C)cn3)cc2)CC1. The van der Waals surface area contributed by atoms with Gasteiger partial charge in [-0.25, -0.2) is 9.97 Å². The highest BCUT2D eigenvalue weighted by molar-refractivity contribution is 5.40. The third-order valence-corrected chi connectivity index (χ3v) is 5.54. The fourth-order valence-corrected chi connectivity index (χ4v) is 3.89. The zero-order valence-electron chi connectivity index (χ0n) is 16.2. The van der Waals surface area contributed by atoms with Crippen LogP contribution in [0.4, 0.5) is 0 Å². The lowest BCUT2D eigenvalue weighted by molar-refractivity contribution is 0.303. The van der Waals surface area contributed by atoms with Gasteiger partial charge in [0.1, 0.15) is 0 Å². The van der Waals surface area contributed by atoms with Crippen molar-refractivity contribution in [2.45, 2.75) is 71.1 Å². The Bertz CT molecular complexity index is 727. The fraction of sp³-hybridized carbons (Fsp3) is 0.500. The maximum absolute atomic E-state index is 4.23. The molecule has 0 N–H and O–H groups in total. The van der Waals surface area contributed by atoms with E-state index in [4.69, 9.17) is 0 Å². The second-order valence-electron chi connectivity index (χ2n) is 7.67. The third kappa shape index (κ3) is 5.43. The molecule has 26 heavy (non-hydrogen) atoms. The van der Waals surface area contributed by atoms with Crippen LogP contribution < -0.4 is 0 Å². The number of hydrogen-bond acceptors (Lipinski definition) is 2. The van der Waals surface area contributed by atoms with Gasteiger partial charge in [0.2, 0.25) is 5.82 Å². The zero-order valence-corrected chi connectivity index (χ0v) is 16.2. The van der Waals surface area contributed by atoms with Gasteiger partial charge < -0.3 is 0 Å². The lowest BCUT2D eigenvalue weighted by atomic mass is 9.77. The molecule has 1 aliphatic carbocycles. The van der Waals surface area contributed by atoms with Gasteiger partial charge >= 0.3 is 0 Å². The molecule has 0 atom stereocenters. The molecule has 1 aliphatic rings. The molecule has 0 radical (unpaired) electrons. The summed E-state index contributed by atoms with van der Waals surface area (Å²) in [7, 11) is 0. The molecule has 1 fully saturated rings. The Labute approximate surface area is 158 Å². The van der Waals surface area contributed by atoms with Crippen molar-refractivity contribution in [3.63, 3.8) is 0 Å². The summed E-state index contributed by atoms with van der Waals surface area (Å²) >= 11 is 0. The van der Waals surface area contributed by atoms with Gasteiger partial charge in [-0.2, -0.15) is 0 Å². The summed E-state index contributed by atoms with van der Waals surface area (Å²) in [4.78, 5) is 8.47. The number of aryl methyl sites for hydroxylation is 1. The number of rotatable bonds is 5. The maximum Gasteiger partial charge on any atom is 0.205 e. The van der Waals surface area contributed by atoms with Crippen molar-refractivity contribution in [3.05, 3.63) is 59.2 Å². The smallest absolute Gasteiger partial charge is 0.205 e. The van der Waals surface area contributed by atoms with E-state index in [0.29, 0.717) is 5.82 Å². The minimum atomic E-state index is 0.584. The molecule has 0 amide bonds. The molecule has 136 valence electrons. The van der Waals surface area contributed by atoms with E-state index in [9.17, 15) is 0 Å². The summed E-state index contributed by atoms with van der Waals surface area (Å²) in [5.41, 5.74) is 3.57. The number of unbranched alkanes of at least 4 members (excludes halogenated alkanes) is 2. The van der Waals surface area contributed by atoms with Gasteiger partial charge in [-0.05, 0) is 73.6 Å². The van der Waals surface area contributed by atoms with E-state index in [1.807, 2.05) is 6.92 Å². The Balaban J connectivity index is 1.53. The van der Waals surface area contributed by atoms with Gasteiger partial charge in [0.15, 0.2) is 0 Å². The molecule has 0 spiro atoms. The summed E-state index contributed by atoms with van der Waals surface area (Å²) < 4.78 is 0. The molecule has 1 saturated carbocycles. The summed E-state index contributed by atoms with van der Waals surface area (Å²) in [6.45, 7) is 4.27. The monoisotopic (exact) mass is 346 g/mol. The Kier molecular flexibility index (Phi) is 6.83. The van der Waals surface area contributed by atoms with Crippen molar-refractivity contribution in [3.8, 4) is 11.8 Å². The molecule has 0 unspecified atom stereocenters. The van der Waals surface area contributed by atoms with Gasteiger partial charge in [-0.15, -0.1) is 0 Å². The van der Waals surface area contributed by atoms with Crippen molar-refractivity contribution in [2.75, 3.05) is 0 Å². The van der Waals surface area contributed by atoms with Crippen LogP contribution in [0.15, 0.2) is 36.7 Å². The zero-order chi connectivity index (χ0) is 18.2. The molecule has 0 saturated heterocycles. The first kappa shape index (κ1) is 18.6. The normalized spacial score (nSPS) is 19.6. The Morgan fingerprint density at radius 1 is 0.923 bits per heavy atom. The van der Waals surface area contributed by atoms with Crippen molar-refractivity contribution in [2.24, 2.45) is 5.92 Å². The van der Waals surface area contributed by atoms with Gasteiger partial charge in [0.05, 0.1) is 0 Å². The third-order valence-electron chi connectivity index (χ3n) is 5.54. The predicted molar refractivity (Wildman–Crippen MR) is 108 cm³/mol. The van der Waals surface area contributed by atoms with Crippen LogP contribution >= 0.6 is 0 Å². The average molecular weight is 347 g/mol. The second-order valence-corrected chi connectivity index (χ2v) is 7.67. The van der Waals surface area contributed by atoms with Crippen LogP contribution in [-0.2, 0) is 0 Å². The van der Waals surface area contributed by atoms with E-state index >= 15 is 0 Å². The molecule has 0 aliphatic heterocycles. The largest absolute Gasteiger partial charge is 0.229 e. The summed E-state index contributed by atoms with van der Waals surface area (Å²) in [6, 6.07) is 8.82. The van der Waals surface area contributed by atoms with E-state index in [0.717, 1.165) is 23.0 Å². The average Bonchev–Trinajstić information content (AvgIpc) is 2.69. The van der Waals surface area contributed by atoms with Crippen molar-refractivity contribution < 1.29 is 0 Å². The number of hydrogen-bond donors (Lipinski definition) is 0. The van der Waals surface area contributed by atoms with Crippen LogP contribution in [0, 0.1) is 24.7 Å². The molecule has 1 aromatic carbocycles. The number of benzene rings is 1. The highest BCUT2D eigenvalue weighted by Crippen LogP contribution is 2.37. The molecular formula is C24H30N2. The lowest BCUT2D eigenvalue weighted by Crippen LogP contribution is -2.13. The quantitative estimate of drug-likeness (QED) is 0.487. The summed E-state index contributed by atoms with van der Waals surface area (Å²) in [5.74, 6) is 8.51. The van der Waals surface area contributed by atoms with E-state index in [1.165, 1.54) is 56.9 Å².